The van der Waals surface area contributed by atoms with Crippen LogP contribution in [0, 0.1) is 0 Å². The van der Waals surface area contributed by atoms with Crippen molar-refractivity contribution in [3.05, 3.63) is 35.5 Å². The van der Waals surface area contributed by atoms with E-state index in [-0.39, 0.29) is 12.4 Å². The first kappa shape index (κ1) is 11.8. The van der Waals surface area contributed by atoms with Crippen molar-refractivity contribution in [2.45, 2.75) is 6.18 Å². The molecule has 2 nitrogen and oxygen atoms in total. The van der Waals surface area contributed by atoms with Gasteiger partial charge in [0, 0.05) is 5.03 Å². The van der Waals surface area contributed by atoms with Crippen LogP contribution in [0.15, 0.2) is 29.8 Å². The first-order chi connectivity index (χ1) is 6.89. The Morgan fingerprint density at radius 3 is 2.67 bits per heavy atom. The summed E-state index contributed by atoms with van der Waals surface area (Å²) in [6.07, 6.45) is -4.43. The Morgan fingerprint density at radius 2 is 2.13 bits per heavy atom. The van der Waals surface area contributed by atoms with Gasteiger partial charge in [-0.05, 0) is 12.1 Å². The van der Waals surface area contributed by atoms with E-state index in [0.29, 0.717) is 5.03 Å². The zero-order chi connectivity index (χ0) is 11.5. The number of alkyl halides is 3. The van der Waals surface area contributed by atoms with E-state index in [1.807, 2.05) is 0 Å². The van der Waals surface area contributed by atoms with Crippen LogP contribution in [0.3, 0.4) is 0 Å². The molecule has 0 unspecified atom stereocenters. The van der Waals surface area contributed by atoms with Crippen LogP contribution in [0.4, 0.5) is 19.0 Å². The number of pyridine rings is 1. The summed E-state index contributed by atoms with van der Waals surface area (Å²) in [6, 6.07) is 3.60. The highest BCUT2D eigenvalue weighted by atomic mass is 35.5. The molecule has 0 saturated heterocycles. The van der Waals surface area contributed by atoms with Crippen LogP contribution in [0.1, 0.15) is 5.69 Å². The third-order valence-corrected chi connectivity index (χ3v) is 1.63. The Labute approximate surface area is 89.8 Å². The van der Waals surface area contributed by atoms with Crippen LogP contribution in [0.25, 0.3) is 0 Å². The minimum Gasteiger partial charge on any atom is -0.365 e. The van der Waals surface area contributed by atoms with E-state index >= 15 is 0 Å². The maximum absolute atomic E-state index is 12.2. The van der Waals surface area contributed by atoms with E-state index in [9.17, 15) is 13.2 Å². The van der Waals surface area contributed by atoms with E-state index in [4.69, 9.17) is 11.6 Å². The number of nitrogens with zero attached hydrogens (tertiary/aromatic N) is 1. The molecule has 1 N–H and O–H groups in total. The van der Waals surface area contributed by atoms with E-state index in [1.54, 1.807) is 0 Å². The first-order valence-corrected chi connectivity index (χ1v) is 4.39. The third kappa shape index (κ3) is 3.79. The number of aromatic nitrogens is 1. The molecule has 0 bridgehead atoms. The predicted octanol–water partition coefficient (Wildman–Crippen LogP) is 3.26. The first-order valence-electron chi connectivity index (χ1n) is 4.01. The molecule has 15 heavy (non-hydrogen) atoms. The van der Waals surface area contributed by atoms with Crippen molar-refractivity contribution < 1.29 is 13.2 Å². The maximum atomic E-state index is 12.2. The molecule has 1 rings (SSSR count). The van der Waals surface area contributed by atoms with E-state index in [2.05, 4.69) is 16.9 Å². The number of rotatable bonds is 3. The average Bonchev–Trinajstić information content (AvgIpc) is 2.14. The summed E-state index contributed by atoms with van der Waals surface area (Å²) in [7, 11) is 0. The maximum Gasteiger partial charge on any atom is 0.433 e. The average molecular weight is 237 g/mol. The van der Waals surface area contributed by atoms with Crippen molar-refractivity contribution in [1.82, 2.24) is 4.98 Å². The molecule has 0 amide bonds. The molecule has 0 fully saturated rings. The summed E-state index contributed by atoms with van der Waals surface area (Å²) in [5, 5.41) is 2.91. The highest BCUT2D eigenvalue weighted by molar-refractivity contribution is 6.29. The van der Waals surface area contributed by atoms with Gasteiger partial charge in [-0.25, -0.2) is 4.98 Å². The lowest BCUT2D eigenvalue weighted by atomic mass is 10.3. The molecule has 0 radical (unpaired) electrons. The Balaban J connectivity index is 2.79. The van der Waals surface area contributed by atoms with Gasteiger partial charge in [0.15, 0.2) is 0 Å². The van der Waals surface area contributed by atoms with Crippen molar-refractivity contribution in [1.29, 1.82) is 0 Å². The van der Waals surface area contributed by atoms with Gasteiger partial charge in [-0.15, -0.1) is 0 Å². The molecular weight excluding hydrogens is 229 g/mol. The molecule has 0 saturated carbocycles. The molecule has 82 valence electrons. The van der Waals surface area contributed by atoms with Crippen molar-refractivity contribution >= 4 is 17.4 Å². The van der Waals surface area contributed by atoms with Gasteiger partial charge in [-0.1, -0.05) is 24.2 Å². The fourth-order valence-corrected chi connectivity index (χ4v) is 0.944. The zero-order valence-electron chi connectivity index (χ0n) is 7.61. The lowest BCUT2D eigenvalue weighted by molar-refractivity contribution is -0.141. The summed E-state index contributed by atoms with van der Waals surface area (Å²) >= 11 is 5.45. The Hall–Kier alpha value is -1.23. The number of hydrogen-bond acceptors (Lipinski definition) is 2. The highest BCUT2D eigenvalue weighted by Crippen LogP contribution is 2.28. The fourth-order valence-electron chi connectivity index (χ4n) is 0.878. The Bertz CT molecular complexity index is 363. The van der Waals surface area contributed by atoms with Crippen LogP contribution < -0.4 is 5.32 Å². The SMILES string of the molecule is C=C(Cl)CNc1cccc(C(F)(F)F)n1. The van der Waals surface area contributed by atoms with Gasteiger partial charge in [0.1, 0.15) is 11.5 Å². The van der Waals surface area contributed by atoms with Crippen molar-refractivity contribution in [2.24, 2.45) is 0 Å². The predicted molar refractivity (Wildman–Crippen MR) is 52.7 cm³/mol. The molecule has 0 atom stereocenters. The quantitative estimate of drug-likeness (QED) is 0.871. The Morgan fingerprint density at radius 1 is 1.47 bits per heavy atom. The smallest absolute Gasteiger partial charge is 0.365 e. The van der Waals surface area contributed by atoms with Crippen LogP contribution in [-0.4, -0.2) is 11.5 Å². The van der Waals surface area contributed by atoms with Gasteiger partial charge in [0.2, 0.25) is 0 Å². The minimum absolute atomic E-state index is 0.117. The molecule has 0 aliphatic carbocycles. The van der Waals surface area contributed by atoms with Gasteiger partial charge < -0.3 is 5.32 Å². The second-order valence-electron chi connectivity index (χ2n) is 2.78. The number of halogens is 4. The van der Waals surface area contributed by atoms with Crippen LogP contribution >= 0.6 is 11.6 Å². The second-order valence-corrected chi connectivity index (χ2v) is 3.31. The van der Waals surface area contributed by atoms with Crippen molar-refractivity contribution in [3.63, 3.8) is 0 Å². The summed E-state index contributed by atoms with van der Waals surface area (Å²) in [4.78, 5) is 3.38. The molecule has 6 heteroatoms. The minimum atomic E-state index is -4.43. The van der Waals surface area contributed by atoms with Crippen LogP contribution in [0.5, 0.6) is 0 Å². The van der Waals surface area contributed by atoms with Crippen LogP contribution in [-0.2, 0) is 6.18 Å². The number of hydrogen-bond donors (Lipinski definition) is 1. The van der Waals surface area contributed by atoms with Gasteiger partial charge in [0.05, 0.1) is 6.54 Å². The summed E-state index contributed by atoms with van der Waals surface area (Å²) in [5.74, 6) is 0.117. The van der Waals surface area contributed by atoms with Gasteiger partial charge in [-0.2, -0.15) is 13.2 Å². The number of nitrogens with one attached hydrogen (secondary N) is 1. The monoisotopic (exact) mass is 236 g/mol. The fraction of sp³-hybridized carbons (Fsp3) is 0.222. The molecule has 0 aliphatic rings. The van der Waals surface area contributed by atoms with Crippen molar-refractivity contribution in [3.8, 4) is 0 Å². The molecule has 0 aromatic carbocycles. The Kier molecular flexibility index (Phi) is 3.57. The molecule has 1 aromatic rings. The lowest BCUT2D eigenvalue weighted by Crippen LogP contribution is -2.10. The van der Waals surface area contributed by atoms with Gasteiger partial charge in [-0.3, -0.25) is 0 Å². The van der Waals surface area contributed by atoms with E-state index < -0.39 is 11.9 Å². The summed E-state index contributed by atoms with van der Waals surface area (Å²) < 4.78 is 36.7. The summed E-state index contributed by atoms with van der Waals surface area (Å²) in [6.45, 7) is 3.57. The van der Waals surface area contributed by atoms with Crippen LogP contribution in [0.2, 0.25) is 0 Å². The second kappa shape index (κ2) is 4.53. The van der Waals surface area contributed by atoms with Crippen molar-refractivity contribution in [2.75, 3.05) is 11.9 Å². The molecule has 0 aliphatic heterocycles. The zero-order valence-corrected chi connectivity index (χ0v) is 8.36. The standard InChI is InChI=1S/C9H8ClF3N2/c1-6(10)5-14-8-4-2-3-7(15-8)9(11,12)13/h2-4H,1,5H2,(H,14,15). The summed E-state index contributed by atoms with van der Waals surface area (Å²) in [5.41, 5.74) is -0.937. The topological polar surface area (TPSA) is 24.9 Å². The van der Waals surface area contributed by atoms with E-state index in [0.717, 1.165) is 6.07 Å². The molecule has 0 spiro atoms. The molecule has 1 aromatic heterocycles. The van der Waals surface area contributed by atoms with E-state index in [1.165, 1.54) is 12.1 Å². The highest BCUT2D eigenvalue weighted by Gasteiger charge is 2.32. The largest absolute Gasteiger partial charge is 0.433 e. The van der Waals surface area contributed by atoms with Gasteiger partial charge >= 0.3 is 6.18 Å². The lowest BCUT2D eigenvalue weighted by Gasteiger charge is -2.08. The number of anilines is 1. The van der Waals surface area contributed by atoms with Gasteiger partial charge in [0.25, 0.3) is 0 Å². The molecular formula is C9H8ClF3N2. The normalized spacial score (nSPS) is 11.2. The third-order valence-electron chi connectivity index (χ3n) is 1.50. The molecule has 1 heterocycles.